The van der Waals surface area contributed by atoms with E-state index in [1.807, 2.05) is 0 Å². The van der Waals surface area contributed by atoms with E-state index in [9.17, 15) is 0 Å². The summed E-state index contributed by atoms with van der Waals surface area (Å²) >= 11 is 0. The third kappa shape index (κ3) is 5.92. The van der Waals surface area contributed by atoms with Crippen LogP contribution in [-0.2, 0) is 9.47 Å². The van der Waals surface area contributed by atoms with Gasteiger partial charge in [-0.3, -0.25) is 4.90 Å². The third-order valence-electron chi connectivity index (χ3n) is 2.12. The Labute approximate surface area is 86.4 Å². The lowest BCUT2D eigenvalue weighted by Gasteiger charge is -2.27. The highest BCUT2D eigenvalue weighted by Crippen LogP contribution is 2.00. The Morgan fingerprint density at radius 1 is 1.29 bits per heavy atom. The summed E-state index contributed by atoms with van der Waals surface area (Å²) in [5.74, 6) is 0. The summed E-state index contributed by atoms with van der Waals surface area (Å²) in [6.45, 7) is 5.11. The molecule has 82 valence electrons. The first-order valence-electron chi connectivity index (χ1n) is 4.85. The number of hydrogen-bond donors (Lipinski definition) is 0. The molecule has 1 unspecified atom stereocenters. The summed E-state index contributed by atoms with van der Waals surface area (Å²) in [6, 6.07) is 2.48. The number of methoxy groups -OCH3 is 2. The van der Waals surface area contributed by atoms with Crippen LogP contribution in [0.2, 0.25) is 0 Å². The van der Waals surface area contributed by atoms with Gasteiger partial charge in [-0.15, -0.1) is 0 Å². The zero-order valence-electron chi connectivity index (χ0n) is 9.32. The van der Waals surface area contributed by atoms with Gasteiger partial charge in [0, 0.05) is 39.8 Å². The second-order valence-electron chi connectivity index (χ2n) is 3.24. The molecule has 0 saturated heterocycles. The smallest absolute Gasteiger partial charge is 0.0635 e. The van der Waals surface area contributed by atoms with E-state index in [0.717, 1.165) is 13.1 Å². The predicted octanol–water partition coefficient (Wildman–Crippen LogP) is 0.883. The molecule has 1 atom stereocenters. The van der Waals surface area contributed by atoms with E-state index >= 15 is 0 Å². The van der Waals surface area contributed by atoms with Crippen LogP contribution < -0.4 is 0 Å². The van der Waals surface area contributed by atoms with Crippen LogP contribution >= 0.6 is 0 Å². The fraction of sp³-hybridized carbons (Fsp3) is 0.900. The van der Waals surface area contributed by atoms with Crippen molar-refractivity contribution in [1.82, 2.24) is 4.90 Å². The van der Waals surface area contributed by atoms with Crippen LogP contribution in [0.4, 0.5) is 0 Å². The minimum atomic E-state index is 0.337. The summed E-state index contributed by atoms with van der Waals surface area (Å²) in [5, 5.41) is 8.51. The highest BCUT2D eigenvalue weighted by Gasteiger charge is 2.12. The van der Waals surface area contributed by atoms with Crippen LogP contribution in [0.25, 0.3) is 0 Å². The van der Waals surface area contributed by atoms with Crippen molar-refractivity contribution in [3.8, 4) is 6.07 Å². The maximum atomic E-state index is 8.51. The molecule has 0 N–H and O–H groups in total. The lowest BCUT2D eigenvalue weighted by Crippen LogP contribution is -2.39. The zero-order chi connectivity index (χ0) is 10.8. The van der Waals surface area contributed by atoms with Gasteiger partial charge in [0.1, 0.15) is 0 Å². The number of nitrogens with zero attached hydrogens (tertiary/aromatic N) is 2. The van der Waals surface area contributed by atoms with E-state index in [-0.39, 0.29) is 0 Å². The van der Waals surface area contributed by atoms with Gasteiger partial charge in [-0.2, -0.15) is 5.26 Å². The fourth-order valence-electron chi connectivity index (χ4n) is 1.30. The molecule has 0 fully saturated rings. The molecule has 0 aliphatic heterocycles. The molecular formula is C10H20N2O2. The SMILES string of the molecule is COCCN(CCC#N)C(C)COC. The van der Waals surface area contributed by atoms with Gasteiger partial charge >= 0.3 is 0 Å². The lowest BCUT2D eigenvalue weighted by atomic mass is 10.2. The van der Waals surface area contributed by atoms with E-state index in [4.69, 9.17) is 14.7 Å². The number of rotatable bonds is 8. The average Bonchev–Trinajstić information content (AvgIpc) is 2.18. The van der Waals surface area contributed by atoms with Crippen molar-refractivity contribution in [2.45, 2.75) is 19.4 Å². The van der Waals surface area contributed by atoms with Crippen LogP contribution in [-0.4, -0.2) is 51.5 Å². The number of ether oxygens (including phenoxy) is 2. The van der Waals surface area contributed by atoms with Crippen molar-refractivity contribution >= 4 is 0 Å². The minimum absolute atomic E-state index is 0.337. The number of nitriles is 1. The largest absolute Gasteiger partial charge is 0.383 e. The van der Waals surface area contributed by atoms with Crippen LogP contribution in [0, 0.1) is 11.3 Å². The molecule has 0 aromatic heterocycles. The van der Waals surface area contributed by atoms with E-state index in [1.165, 1.54) is 0 Å². The molecule has 0 spiro atoms. The molecular weight excluding hydrogens is 180 g/mol. The van der Waals surface area contributed by atoms with Crippen molar-refractivity contribution in [3.63, 3.8) is 0 Å². The number of hydrogen-bond acceptors (Lipinski definition) is 4. The van der Waals surface area contributed by atoms with E-state index in [0.29, 0.717) is 25.7 Å². The quantitative estimate of drug-likeness (QED) is 0.583. The summed E-state index contributed by atoms with van der Waals surface area (Å²) in [6.07, 6.45) is 0.553. The Morgan fingerprint density at radius 3 is 2.50 bits per heavy atom. The maximum absolute atomic E-state index is 8.51. The second kappa shape index (κ2) is 8.95. The molecule has 0 saturated carbocycles. The van der Waals surface area contributed by atoms with Gasteiger partial charge < -0.3 is 9.47 Å². The first kappa shape index (κ1) is 13.4. The topological polar surface area (TPSA) is 45.5 Å². The fourth-order valence-corrected chi connectivity index (χ4v) is 1.30. The van der Waals surface area contributed by atoms with Gasteiger partial charge in [0.15, 0.2) is 0 Å². The Kier molecular flexibility index (Phi) is 8.54. The first-order valence-corrected chi connectivity index (χ1v) is 4.85. The second-order valence-corrected chi connectivity index (χ2v) is 3.24. The molecule has 14 heavy (non-hydrogen) atoms. The molecule has 0 amide bonds. The Bertz CT molecular complexity index is 168. The summed E-state index contributed by atoms with van der Waals surface area (Å²) < 4.78 is 10.1. The Balaban J connectivity index is 3.88. The monoisotopic (exact) mass is 200 g/mol. The lowest BCUT2D eigenvalue weighted by molar-refractivity contribution is 0.0765. The summed E-state index contributed by atoms with van der Waals surface area (Å²) in [7, 11) is 3.37. The highest BCUT2D eigenvalue weighted by atomic mass is 16.5. The van der Waals surface area contributed by atoms with Gasteiger partial charge in [-0.25, -0.2) is 0 Å². The molecule has 0 aromatic carbocycles. The molecule has 0 aromatic rings. The molecule has 0 rings (SSSR count). The standard InChI is InChI=1S/C10H20N2O2/c1-10(9-14-3)12(6-4-5-11)7-8-13-2/h10H,4,6-9H2,1-3H3. The maximum Gasteiger partial charge on any atom is 0.0635 e. The van der Waals surface area contributed by atoms with Crippen LogP contribution in [0.15, 0.2) is 0 Å². The molecule has 0 bridgehead atoms. The molecule has 0 aliphatic carbocycles. The average molecular weight is 200 g/mol. The van der Waals surface area contributed by atoms with Crippen molar-refractivity contribution in [1.29, 1.82) is 5.26 Å². The normalized spacial score (nSPS) is 12.8. The summed E-state index contributed by atoms with van der Waals surface area (Å²) in [4.78, 5) is 2.20. The van der Waals surface area contributed by atoms with Crippen molar-refractivity contribution in [2.75, 3.05) is 40.5 Å². The molecule has 0 heterocycles. The van der Waals surface area contributed by atoms with E-state index in [1.54, 1.807) is 14.2 Å². The van der Waals surface area contributed by atoms with E-state index < -0.39 is 0 Å². The van der Waals surface area contributed by atoms with Crippen molar-refractivity contribution in [3.05, 3.63) is 0 Å². The van der Waals surface area contributed by atoms with Gasteiger partial charge in [0.05, 0.1) is 19.3 Å². The molecule has 4 nitrogen and oxygen atoms in total. The first-order chi connectivity index (χ1) is 6.76. The van der Waals surface area contributed by atoms with E-state index in [2.05, 4.69) is 17.9 Å². The van der Waals surface area contributed by atoms with Gasteiger partial charge in [0.25, 0.3) is 0 Å². The Hall–Kier alpha value is -0.630. The molecule has 4 heteroatoms. The van der Waals surface area contributed by atoms with Gasteiger partial charge in [-0.05, 0) is 6.92 Å². The van der Waals surface area contributed by atoms with Crippen molar-refractivity contribution < 1.29 is 9.47 Å². The molecule has 0 aliphatic rings. The van der Waals surface area contributed by atoms with Crippen LogP contribution in [0.3, 0.4) is 0 Å². The third-order valence-corrected chi connectivity index (χ3v) is 2.12. The van der Waals surface area contributed by atoms with Crippen molar-refractivity contribution in [2.24, 2.45) is 0 Å². The highest BCUT2D eigenvalue weighted by molar-refractivity contribution is 4.75. The van der Waals surface area contributed by atoms with Gasteiger partial charge in [-0.1, -0.05) is 0 Å². The zero-order valence-corrected chi connectivity index (χ0v) is 9.32. The Morgan fingerprint density at radius 2 is 2.00 bits per heavy atom. The summed E-state index contributed by atoms with van der Waals surface area (Å²) in [5.41, 5.74) is 0. The molecule has 0 radical (unpaired) electrons. The van der Waals surface area contributed by atoms with Crippen LogP contribution in [0.1, 0.15) is 13.3 Å². The van der Waals surface area contributed by atoms with Gasteiger partial charge in [0.2, 0.25) is 0 Å². The predicted molar refractivity (Wildman–Crippen MR) is 55.0 cm³/mol. The van der Waals surface area contributed by atoms with Crippen LogP contribution in [0.5, 0.6) is 0 Å². The minimum Gasteiger partial charge on any atom is -0.383 e.